The van der Waals surface area contributed by atoms with E-state index in [-0.39, 0.29) is 0 Å². The lowest BCUT2D eigenvalue weighted by atomic mass is 10.2. The number of para-hydroxylation sites is 1. The fourth-order valence-electron chi connectivity index (χ4n) is 3.14. The Kier molecular flexibility index (Phi) is 3.51. The summed E-state index contributed by atoms with van der Waals surface area (Å²) in [5, 5.41) is 10.6. The normalized spacial score (nSPS) is 11.7. The summed E-state index contributed by atoms with van der Waals surface area (Å²) in [5.41, 5.74) is 3.35. The topological polar surface area (TPSA) is 74.0 Å². The van der Waals surface area contributed by atoms with Gasteiger partial charge in [0.15, 0.2) is 11.4 Å². The smallest absolute Gasteiger partial charge is 0.217 e. The number of aromatic nitrogens is 6. The second-order valence-electron chi connectivity index (χ2n) is 6.37. The zero-order chi connectivity index (χ0) is 18.5. The van der Waals surface area contributed by atoms with Crippen LogP contribution in [0.3, 0.4) is 0 Å². The van der Waals surface area contributed by atoms with Crippen LogP contribution in [0.25, 0.3) is 28.1 Å². The number of furan rings is 1. The first-order chi connectivity index (χ1) is 13.1. The fraction of sp³-hybridized carbons (Fsp3) is 0.158. The molecule has 4 aromatic heterocycles. The van der Waals surface area contributed by atoms with Gasteiger partial charge in [0.25, 0.3) is 0 Å². The molecule has 1 aromatic carbocycles. The molecule has 134 valence electrons. The predicted octanol–water partition coefficient (Wildman–Crippen LogP) is 4.05. The largest absolute Gasteiger partial charge is 0.456 e. The predicted molar refractivity (Wildman–Crippen MR) is 102 cm³/mol. The zero-order valence-electron chi connectivity index (χ0n) is 14.7. The van der Waals surface area contributed by atoms with Gasteiger partial charge in [-0.05, 0) is 38.1 Å². The van der Waals surface area contributed by atoms with E-state index < -0.39 is 0 Å². The first-order valence-electron chi connectivity index (χ1n) is 8.49. The number of benzene rings is 1. The van der Waals surface area contributed by atoms with Crippen LogP contribution < -0.4 is 0 Å². The van der Waals surface area contributed by atoms with Crippen molar-refractivity contribution < 1.29 is 4.42 Å². The minimum Gasteiger partial charge on any atom is -0.456 e. The maximum absolute atomic E-state index is 6.22. The van der Waals surface area contributed by atoms with Gasteiger partial charge in [-0.25, -0.2) is 14.5 Å². The van der Waals surface area contributed by atoms with Crippen LogP contribution in [0.5, 0.6) is 0 Å². The van der Waals surface area contributed by atoms with Crippen molar-refractivity contribution in [3.05, 3.63) is 64.9 Å². The van der Waals surface area contributed by atoms with Crippen molar-refractivity contribution in [3.63, 3.8) is 0 Å². The van der Waals surface area contributed by atoms with Gasteiger partial charge in [-0.2, -0.15) is 5.10 Å². The summed E-state index contributed by atoms with van der Waals surface area (Å²) in [4.78, 5) is 9.05. The van der Waals surface area contributed by atoms with Gasteiger partial charge < -0.3 is 4.42 Å². The van der Waals surface area contributed by atoms with Crippen LogP contribution in [-0.4, -0.2) is 29.4 Å². The lowest BCUT2D eigenvalue weighted by Crippen LogP contribution is -2.02. The maximum atomic E-state index is 6.22. The van der Waals surface area contributed by atoms with E-state index in [1.165, 1.54) is 0 Å². The van der Waals surface area contributed by atoms with Crippen LogP contribution in [0.15, 0.2) is 47.1 Å². The number of nitrogens with zero attached hydrogens (tertiary/aromatic N) is 6. The van der Waals surface area contributed by atoms with E-state index in [9.17, 15) is 0 Å². The van der Waals surface area contributed by atoms with Gasteiger partial charge >= 0.3 is 0 Å². The van der Waals surface area contributed by atoms with Gasteiger partial charge in [-0.15, -0.1) is 5.10 Å². The molecule has 0 unspecified atom stereocenters. The van der Waals surface area contributed by atoms with Crippen LogP contribution in [0, 0.1) is 13.8 Å². The molecule has 8 heteroatoms. The summed E-state index contributed by atoms with van der Waals surface area (Å²) in [5.74, 6) is 1.88. The maximum Gasteiger partial charge on any atom is 0.217 e. The van der Waals surface area contributed by atoms with Crippen molar-refractivity contribution in [1.29, 1.82) is 0 Å². The average Bonchev–Trinajstić information content (AvgIpc) is 3.37. The Hall–Kier alpha value is -3.19. The van der Waals surface area contributed by atoms with Gasteiger partial charge in [0.05, 0.1) is 28.5 Å². The van der Waals surface area contributed by atoms with Crippen LogP contribution >= 0.6 is 11.6 Å². The monoisotopic (exact) mass is 378 g/mol. The molecule has 5 aromatic rings. The highest BCUT2D eigenvalue weighted by Gasteiger charge is 2.15. The molecule has 0 spiro atoms. The molecule has 0 atom stereocenters. The summed E-state index contributed by atoms with van der Waals surface area (Å²) in [7, 11) is 0. The van der Waals surface area contributed by atoms with E-state index in [4.69, 9.17) is 16.0 Å². The van der Waals surface area contributed by atoms with E-state index >= 15 is 0 Å². The third-order valence-corrected chi connectivity index (χ3v) is 5.11. The standard InChI is InChI=1S/C19H15ClN6O/c1-11-17(20)12(2)25(23-11)9-13-7-8-16(27-13)18-22-19-14-5-3-4-6-15(14)21-10-26(19)24-18/h3-8,10H,9H2,1-2H3. The van der Waals surface area contributed by atoms with Crippen molar-refractivity contribution in [2.24, 2.45) is 0 Å². The fourth-order valence-corrected chi connectivity index (χ4v) is 3.28. The third kappa shape index (κ3) is 2.59. The number of fused-ring (bicyclic) bond motifs is 3. The highest BCUT2D eigenvalue weighted by atomic mass is 35.5. The molecule has 0 radical (unpaired) electrons. The first-order valence-corrected chi connectivity index (χ1v) is 8.86. The quantitative estimate of drug-likeness (QED) is 0.473. The van der Waals surface area contributed by atoms with E-state index in [1.807, 2.05) is 54.9 Å². The molecule has 0 saturated heterocycles. The zero-order valence-corrected chi connectivity index (χ0v) is 15.5. The van der Waals surface area contributed by atoms with Crippen molar-refractivity contribution >= 4 is 28.2 Å². The Balaban J connectivity index is 1.52. The minimum atomic E-state index is 0.497. The van der Waals surface area contributed by atoms with Crippen molar-refractivity contribution in [2.75, 3.05) is 0 Å². The summed E-state index contributed by atoms with van der Waals surface area (Å²) in [6, 6.07) is 11.6. The Morgan fingerprint density at radius 2 is 1.93 bits per heavy atom. The average molecular weight is 379 g/mol. The molecule has 7 nitrogen and oxygen atoms in total. The molecule has 0 N–H and O–H groups in total. The number of hydrogen-bond donors (Lipinski definition) is 0. The summed E-state index contributed by atoms with van der Waals surface area (Å²) >= 11 is 6.22. The molecule has 0 aliphatic rings. The molecule has 4 heterocycles. The SMILES string of the molecule is Cc1nn(Cc2ccc(-c3nc4c5ccccc5ncn4n3)o2)c(C)c1Cl. The molecule has 0 aliphatic carbocycles. The van der Waals surface area contributed by atoms with Crippen LogP contribution in [-0.2, 0) is 6.54 Å². The molecular weight excluding hydrogens is 364 g/mol. The molecule has 0 bridgehead atoms. The number of aryl methyl sites for hydroxylation is 1. The van der Waals surface area contributed by atoms with Crippen LogP contribution in [0.4, 0.5) is 0 Å². The lowest BCUT2D eigenvalue weighted by molar-refractivity contribution is 0.483. The van der Waals surface area contributed by atoms with Crippen LogP contribution in [0.2, 0.25) is 5.02 Å². The van der Waals surface area contributed by atoms with E-state index in [0.717, 1.165) is 33.7 Å². The van der Waals surface area contributed by atoms with Crippen LogP contribution in [0.1, 0.15) is 17.1 Å². The number of hydrogen-bond acceptors (Lipinski definition) is 5. The van der Waals surface area contributed by atoms with Crippen molar-refractivity contribution in [1.82, 2.24) is 29.4 Å². The molecule has 0 saturated carbocycles. The molecule has 27 heavy (non-hydrogen) atoms. The number of halogens is 1. The molecule has 5 rings (SSSR count). The van der Waals surface area contributed by atoms with Gasteiger partial charge in [0, 0.05) is 5.39 Å². The molecule has 0 fully saturated rings. The van der Waals surface area contributed by atoms with E-state index in [0.29, 0.717) is 23.2 Å². The Morgan fingerprint density at radius 1 is 1.07 bits per heavy atom. The third-order valence-electron chi connectivity index (χ3n) is 4.56. The Labute approximate surface area is 159 Å². The van der Waals surface area contributed by atoms with Gasteiger partial charge in [0.1, 0.15) is 12.1 Å². The van der Waals surface area contributed by atoms with Crippen molar-refractivity contribution in [2.45, 2.75) is 20.4 Å². The van der Waals surface area contributed by atoms with Crippen molar-refractivity contribution in [3.8, 4) is 11.6 Å². The highest BCUT2D eigenvalue weighted by Crippen LogP contribution is 2.24. The van der Waals surface area contributed by atoms with Gasteiger partial charge in [-0.3, -0.25) is 4.68 Å². The van der Waals surface area contributed by atoms with E-state index in [1.54, 1.807) is 10.8 Å². The van der Waals surface area contributed by atoms with Gasteiger partial charge in [-0.1, -0.05) is 23.7 Å². The number of rotatable bonds is 3. The second kappa shape index (κ2) is 5.92. The first kappa shape index (κ1) is 16.0. The molecule has 0 aliphatic heterocycles. The molecule has 0 amide bonds. The van der Waals surface area contributed by atoms with Gasteiger partial charge in [0.2, 0.25) is 5.82 Å². The molecular formula is C19H15ClN6O. The minimum absolute atomic E-state index is 0.497. The van der Waals surface area contributed by atoms with E-state index in [2.05, 4.69) is 20.2 Å². The summed E-state index contributed by atoms with van der Waals surface area (Å²) in [6.45, 7) is 4.32. The highest BCUT2D eigenvalue weighted by molar-refractivity contribution is 6.31. The lowest BCUT2D eigenvalue weighted by Gasteiger charge is -2.01. The Morgan fingerprint density at radius 3 is 2.74 bits per heavy atom. The Bertz CT molecular complexity index is 1300. The summed E-state index contributed by atoms with van der Waals surface area (Å²) < 4.78 is 9.45. The second-order valence-corrected chi connectivity index (χ2v) is 6.75. The summed E-state index contributed by atoms with van der Waals surface area (Å²) in [6.07, 6.45) is 1.66.